The fraction of sp³-hybridized carbons (Fsp3) is 0.833. The summed E-state index contributed by atoms with van der Waals surface area (Å²) in [4.78, 5) is 4.57. The molecule has 5 heteroatoms. The minimum Gasteiger partial charge on any atom is -0.372 e. The predicted octanol–water partition coefficient (Wildman–Crippen LogP) is 0.647. The number of rotatable bonds is 2. The third kappa shape index (κ3) is 2.35. The van der Waals surface area contributed by atoms with Crippen LogP contribution in [0.4, 0.5) is 0 Å². The van der Waals surface area contributed by atoms with Crippen molar-refractivity contribution in [3.8, 4) is 0 Å². The molecule has 3 heterocycles. The molecule has 1 fully saturated rings. The number of hydrogen-bond acceptors (Lipinski definition) is 4. The summed E-state index contributed by atoms with van der Waals surface area (Å²) in [7, 11) is 0. The number of aromatic nitrogens is 3. The van der Waals surface area contributed by atoms with Crippen LogP contribution >= 0.6 is 0 Å². The SMILES string of the molecule is OC1CCCc2nc(CC3CCNCC3)nn21. The summed E-state index contributed by atoms with van der Waals surface area (Å²) in [5.74, 6) is 2.60. The second-order valence-corrected chi connectivity index (χ2v) is 5.16. The molecule has 0 aliphatic carbocycles. The van der Waals surface area contributed by atoms with Crippen LogP contribution < -0.4 is 5.32 Å². The lowest BCUT2D eigenvalue weighted by molar-refractivity contribution is 0.0643. The summed E-state index contributed by atoms with van der Waals surface area (Å²) in [5, 5.41) is 17.7. The van der Waals surface area contributed by atoms with Crippen molar-refractivity contribution in [3.05, 3.63) is 11.6 Å². The molecule has 2 N–H and O–H groups in total. The lowest BCUT2D eigenvalue weighted by Crippen LogP contribution is -2.28. The number of aliphatic hydroxyl groups excluding tert-OH is 1. The van der Waals surface area contributed by atoms with Crippen molar-refractivity contribution in [1.29, 1.82) is 0 Å². The Hall–Kier alpha value is -0.940. The van der Waals surface area contributed by atoms with Gasteiger partial charge in [-0.15, -0.1) is 0 Å². The second kappa shape index (κ2) is 4.74. The highest BCUT2D eigenvalue weighted by molar-refractivity contribution is 4.98. The van der Waals surface area contributed by atoms with Crippen LogP contribution in [-0.2, 0) is 12.8 Å². The van der Waals surface area contributed by atoms with Gasteiger partial charge in [0.15, 0.2) is 5.82 Å². The fourth-order valence-electron chi connectivity index (χ4n) is 2.81. The van der Waals surface area contributed by atoms with Gasteiger partial charge in [0.05, 0.1) is 0 Å². The van der Waals surface area contributed by atoms with Gasteiger partial charge < -0.3 is 10.4 Å². The minimum absolute atomic E-state index is 0.451. The van der Waals surface area contributed by atoms with Crippen LogP contribution in [0.1, 0.15) is 43.6 Å². The highest BCUT2D eigenvalue weighted by Crippen LogP contribution is 2.22. The van der Waals surface area contributed by atoms with E-state index >= 15 is 0 Å². The summed E-state index contributed by atoms with van der Waals surface area (Å²) in [5.41, 5.74) is 0. The molecular formula is C12H20N4O. The van der Waals surface area contributed by atoms with E-state index in [0.717, 1.165) is 50.4 Å². The fourth-order valence-corrected chi connectivity index (χ4v) is 2.81. The first-order valence-electron chi connectivity index (χ1n) is 6.66. The molecule has 2 aliphatic heterocycles. The van der Waals surface area contributed by atoms with Crippen LogP contribution in [-0.4, -0.2) is 33.0 Å². The van der Waals surface area contributed by atoms with E-state index in [1.807, 2.05) is 0 Å². The number of nitrogens with zero attached hydrogens (tertiary/aromatic N) is 3. The number of fused-ring (bicyclic) bond motifs is 1. The topological polar surface area (TPSA) is 63.0 Å². The summed E-state index contributed by atoms with van der Waals surface area (Å²) in [6.45, 7) is 2.22. The van der Waals surface area contributed by atoms with E-state index in [9.17, 15) is 5.11 Å². The number of hydrogen-bond donors (Lipinski definition) is 2. The van der Waals surface area contributed by atoms with Crippen LogP contribution in [0.15, 0.2) is 0 Å². The molecule has 3 rings (SSSR count). The van der Waals surface area contributed by atoms with Gasteiger partial charge in [-0.05, 0) is 44.7 Å². The maximum atomic E-state index is 9.83. The van der Waals surface area contributed by atoms with Crippen molar-refractivity contribution in [2.75, 3.05) is 13.1 Å². The lowest BCUT2D eigenvalue weighted by Gasteiger charge is -2.21. The Labute approximate surface area is 101 Å². The van der Waals surface area contributed by atoms with Gasteiger partial charge in [0.25, 0.3) is 0 Å². The van der Waals surface area contributed by atoms with Crippen LogP contribution in [0.3, 0.4) is 0 Å². The molecule has 0 aromatic carbocycles. The molecule has 1 atom stereocenters. The molecular weight excluding hydrogens is 216 g/mol. The average Bonchev–Trinajstić information content (AvgIpc) is 2.74. The maximum Gasteiger partial charge on any atom is 0.151 e. The Kier molecular flexibility index (Phi) is 3.11. The third-order valence-electron chi connectivity index (χ3n) is 3.82. The van der Waals surface area contributed by atoms with Crippen LogP contribution in [0, 0.1) is 5.92 Å². The lowest BCUT2D eigenvalue weighted by atomic mass is 9.94. The Morgan fingerprint density at radius 3 is 2.88 bits per heavy atom. The predicted molar refractivity (Wildman–Crippen MR) is 63.5 cm³/mol. The first kappa shape index (κ1) is 11.2. The van der Waals surface area contributed by atoms with E-state index in [0.29, 0.717) is 5.92 Å². The van der Waals surface area contributed by atoms with E-state index < -0.39 is 6.23 Å². The molecule has 1 unspecified atom stereocenters. The molecule has 17 heavy (non-hydrogen) atoms. The molecule has 0 amide bonds. The van der Waals surface area contributed by atoms with Crippen molar-refractivity contribution in [1.82, 2.24) is 20.1 Å². The zero-order chi connectivity index (χ0) is 11.7. The molecule has 2 aliphatic rings. The summed E-state index contributed by atoms with van der Waals surface area (Å²) < 4.78 is 1.72. The maximum absolute atomic E-state index is 9.83. The zero-order valence-electron chi connectivity index (χ0n) is 10.1. The van der Waals surface area contributed by atoms with Gasteiger partial charge in [-0.1, -0.05) is 0 Å². The molecule has 1 saturated heterocycles. The molecule has 1 aromatic heterocycles. The minimum atomic E-state index is -0.451. The van der Waals surface area contributed by atoms with Crippen molar-refractivity contribution >= 4 is 0 Å². The van der Waals surface area contributed by atoms with Gasteiger partial charge in [0, 0.05) is 12.8 Å². The molecule has 0 saturated carbocycles. The monoisotopic (exact) mass is 236 g/mol. The van der Waals surface area contributed by atoms with Crippen LogP contribution in [0.2, 0.25) is 0 Å². The highest BCUT2D eigenvalue weighted by Gasteiger charge is 2.22. The molecule has 0 bridgehead atoms. The van der Waals surface area contributed by atoms with Crippen molar-refractivity contribution in [2.24, 2.45) is 5.92 Å². The number of aryl methyl sites for hydroxylation is 1. The van der Waals surface area contributed by atoms with Gasteiger partial charge in [-0.2, -0.15) is 5.10 Å². The first-order valence-corrected chi connectivity index (χ1v) is 6.66. The van der Waals surface area contributed by atoms with Crippen LogP contribution in [0.25, 0.3) is 0 Å². The normalized spacial score (nSPS) is 25.8. The van der Waals surface area contributed by atoms with E-state index in [4.69, 9.17) is 0 Å². The molecule has 5 nitrogen and oxygen atoms in total. The summed E-state index contributed by atoms with van der Waals surface area (Å²) >= 11 is 0. The van der Waals surface area contributed by atoms with E-state index in [2.05, 4.69) is 15.4 Å². The Morgan fingerprint density at radius 2 is 2.12 bits per heavy atom. The van der Waals surface area contributed by atoms with E-state index in [1.165, 1.54) is 12.8 Å². The quantitative estimate of drug-likeness (QED) is 0.791. The van der Waals surface area contributed by atoms with Crippen molar-refractivity contribution in [2.45, 2.75) is 44.8 Å². The summed E-state index contributed by atoms with van der Waals surface area (Å²) in [6, 6.07) is 0. The van der Waals surface area contributed by atoms with Crippen molar-refractivity contribution in [3.63, 3.8) is 0 Å². The Morgan fingerprint density at radius 1 is 1.29 bits per heavy atom. The van der Waals surface area contributed by atoms with Gasteiger partial charge in [-0.25, -0.2) is 9.67 Å². The smallest absolute Gasteiger partial charge is 0.151 e. The Bertz CT molecular complexity index is 384. The highest BCUT2D eigenvalue weighted by atomic mass is 16.3. The van der Waals surface area contributed by atoms with Gasteiger partial charge >= 0.3 is 0 Å². The molecule has 1 aromatic rings. The average molecular weight is 236 g/mol. The number of aliphatic hydroxyl groups is 1. The van der Waals surface area contributed by atoms with Crippen molar-refractivity contribution < 1.29 is 5.11 Å². The van der Waals surface area contributed by atoms with E-state index in [1.54, 1.807) is 4.68 Å². The molecule has 0 radical (unpaired) electrons. The standard InChI is InChI=1S/C12H20N4O/c17-12-3-1-2-11-14-10(15-16(11)12)8-9-4-6-13-7-5-9/h9,12-13,17H,1-8H2. The first-order chi connectivity index (χ1) is 8.33. The Balaban J connectivity index is 1.71. The van der Waals surface area contributed by atoms with Gasteiger partial charge in [0.1, 0.15) is 12.1 Å². The zero-order valence-corrected chi connectivity index (χ0v) is 10.1. The molecule has 94 valence electrons. The molecule has 0 spiro atoms. The largest absolute Gasteiger partial charge is 0.372 e. The number of piperidine rings is 1. The van der Waals surface area contributed by atoms with Crippen LogP contribution in [0.5, 0.6) is 0 Å². The summed E-state index contributed by atoms with van der Waals surface area (Å²) in [6.07, 6.45) is 5.73. The second-order valence-electron chi connectivity index (χ2n) is 5.16. The van der Waals surface area contributed by atoms with Gasteiger partial charge in [-0.3, -0.25) is 0 Å². The van der Waals surface area contributed by atoms with Gasteiger partial charge in [0.2, 0.25) is 0 Å². The van der Waals surface area contributed by atoms with E-state index in [-0.39, 0.29) is 0 Å². The third-order valence-corrected chi connectivity index (χ3v) is 3.82. The number of nitrogens with one attached hydrogen (secondary N) is 1.